The van der Waals surface area contributed by atoms with Gasteiger partial charge in [-0.25, -0.2) is 4.98 Å². The number of anilines is 4. The summed E-state index contributed by atoms with van der Waals surface area (Å²) in [6.07, 6.45) is -2.34. The number of carbonyl (C=O) groups is 1. The van der Waals surface area contributed by atoms with Crippen molar-refractivity contribution in [1.29, 1.82) is 0 Å². The lowest BCUT2D eigenvalue weighted by Gasteiger charge is -2.17. The quantitative estimate of drug-likeness (QED) is 0.619. The average molecular weight is 390 g/mol. The van der Waals surface area contributed by atoms with E-state index in [2.05, 4.69) is 26.0 Å². The number of amides is 1. The summed E-state index contributed by atoms with van der Waals surface area (Å²) >= 11 is 0. The molecule has 0 atom stereocenters. The van der Waals surface area contributed by atoms with Crippen molar-refractivity contribution >= 4 is 28.9 Å². The Kier molecular flexibility index (Phi) is 5.21. The smallest absolute Gasteiger partial charge is 0.355 e. The molecule has 0 spiro atoms. The number of hydrogen-bond acceptors (Lipinski definition) is 5. The minimum absolute atomic E-state index is 0.191. The lowest BCUT2D eigenvalue weighted by Crippen LogP contribution is -2.19. The van der Waals surface area contributed by atoms with Gasteiger partial charge in [-0.05, 0) is 12.1 Å². The number of rotatable bonds is 5. The molecule has 1 aromatic carbocycles. The van der Waals surface area contributed by atoms with E-state index in [0.29, 0.717) is 5.82 Å². The molecule has 0 saturated heterocycles. The number of benzene rings is 1. The van der Waals surface area contributed by atoms with Crippen molar-refractivity contribution in [3.63, 3.8) is 0 Å². The molecule has 0 saturated carbocycles. The molecule has 0 radical (unpaired) electrons. The third kappa shape index (κ3) is 4.05. The number of para-hydroxylation sites is 1. The maximum Gasteiger partial charge on any atom is 0.419 e. The number of nitrogens with one attached hydrogen (secondary N) is 3. The van der Waals surface area contributed by atoms with Crippen LogP contribution in [-0.4, -0.2) is 27.7 Å². The molecule has 146 valence electrons. The zero-order valence-electron chi connectivity index (χ0n) is 15.0. The summed E-state index contributed by atoms with van der Waals surface area (Å²) < 4.78 is 41.9. The molecule has 2 aromatic heterocycles. The number of carbonyl (C=O) groups excluding carboxylic acids is 1. The molecule has 3 aromatic rings. The predicted molar refractivity (Wildman–Crippen MR) is 98.8 cm³/mol. The normalized spacial score (nSPS) is 11.2. The molecule has 10 heteroatoms. The Morgan fingerprint density at radius 2 is 1.86 bits per heavy atom. The topological polar surface area (TPSA) is 83.9 Å². The van der Waals surface area contributed by atoms with Crippen molar-refractivity contribution in [2.24, 2.45) is 7.05 Å². The Morgan fingerprint density at radius 1 is 1.11 bits per heavy atom. The van der Waals surface area contributed by atoms with Gasteiger partial charge < -0.3 is 16.0 Å². The molecule has 0 fully saturated rings. The van der Waals surface area contributed by atoms with E-state index in [1.807, 2.05) is 0 Å². The van der Waals surface area contributed by atoms with E-state index < -0.39 is 17.6 Å². The molecule has 0 bridgehead atoms. The molecule has 28 heavy (non-hydrogen) atoms. The van der Waals surface area contributed by atoms with Gasteiger partial charge in [0.2, 0.25) is 0 Å². The second-order valence-electron chi connectivity index (χ2n) is 5.83. The van der Waals surface area contributed by atoms with Gasteiger partial charge in [0.15, 0.2) is 0 Å². The molecular formula is C18H17F3N6O. The lowest BCUT2D eigenvalue weighted by molar-refractivity contribution is -0.137. The van der Waals surface area contributed by atoms with Gasteiger partial charge in [-0.2, -0.15) is 18.3 Å². The number of pyridine rings is 1. The van der Waals surface area contributed by atoms with E-state index in [1.54, 1.807) is 31.4 Å². The fraction of sp³-hybridized carbons (Fsp3) is 0.167. The van der Waals surface area contributed by atoms with Gasteiger partial charge in [0.25, 0.3) is 5.91 Å². The second-order valence-corrected chi connectivity index (χ2v) is 5.83. The Hall–Kier alpha value is -3.56. The molecule has 0 aliphatic carbocycles. The average Bonchev–Trinajstić information content (AvgIpc) is 3.05. The van der Waals surface area contributed by atoms with Crippen molar-refractivity contribution in [3.05, 3.63) is 59.9 Å². The highest BCUT2D eigenvalue weighted by atomic mass is 19.4. The molecular weight excluding hydrogens is 373 g/mol. The second kappa shape index (κ2) is 7.59. The SMILES string of the molecule is CNC(=O)c1ccccc1Nc1cc(Nc2ccnn2C)ncc1C(F)(F)F. The van der Waals surface area contributed by atoms with Gasteiger partial charge in [-0.1, -0.05) is 12.1 Å². The van der Waals surface area contributed by atoms with Crippen LogP contribution < -0.4 is 16.0 Å². The Balaban J connectivity index is 2.02. The van der Waals surface area contributed by atoms with Crippen molar-refractivity contribution in [3.8, 4) is 0 Å². The fourth-order valence-electron chi connectivity index (χ4n) is 2.55. The van der Waals surface area contributed by atoms with Crippen molar-refractivity contribution < 1.29 is 18.0 Å². The maximum absolute atomic E-state index is 13.5. The lowest BCUT2D eigenvalue weighted by atomic mass is 10.1. The number of aryl methyl sites for hydroxylation is 1. The van der Waals surface area contributed by atoms with Crippen molar-refractivity contribution in [2.45, 2.75) is 6.18 Å². The molecule has 3 rings (SSSR count). The highest BCUT2D eigenvalue weighted by molar-refractivity contribution is 6.00. The molecule has 2 heterocycles. The van der Waals surface area contributed by atoms with Gasteiger partial charge in [-0.15, -0.1) is 0 Å². The molecule has 1 amide bonds. The van der Waals surface area contributed by atoms with Crippen LogP contribution in [0.25, 0.3) is 0 Å². The van der Waals surface area contributed by atoms with Crippen molar-refractivity contribution in [1.82, 2.24) is 20.1 Å². The third-order valence-corrected chi connectivity index (χ3v) is 3.95. The summed E-state index contributed by atoms with van der Waals surface area (Å²) in [6, 6.07) is 9.19. The molecule has 0 aliphatic heterocycles. The predicted octanol–water partition coefficient (Wildman–Crippen LogP) is 3.68. The fourth-order valence-corrected chi connectivity index (χ4v) is 2.55. The molecule has 3 N–H and O–H groups in total. The number of halogens is 3. The number of nitrogens with zero attached hydrogens (tertiary/aromatic N) is 3. The van der Waals surface area contributed by atoms with Crippen LogP contribution in [0.1, 0.15) is 15.9 Å². The first-order valence-electron chi connectivity index (χ1n) is 8.20. The highest BCUT2D eigenvalue weighted by Crippen LogP contribution is 2.37. The summed E-state index contributed by atoms with van der Waals surface area (Å²) in [5.41, 5.74) is -0.723. The van der Waals surface area contributed by atoms with E-state index in [-0.39, 0.29) is 22.8 Å². The highest BCUT2D eigenvalue weighted by Gasteiger charge is 2.34. The Bertz CT molecular complexity index is 999. The summed E-state index contributed by atoms with van der Waals surface area (Å²) in [4.78, 5) is 15.9. The van der Waals surface area contributed by atoms with Gasteiger partial charge in [0, 0.05) is 32.4 Å². The van der Waals surface area contributed by atoms with Gasteiger partial charge in [0.05, 0.1) is 28.7 Å². The van der Waals surface area contributed by atoms with Crippen molar-refractivity contribution in [2.75, 3.05) is 17.7 Å². The molecule has 0 unspecified atom stereocenters. The van der Waals surface area contributed by atoms with Gasteiger partial charge >= 0.3 is 6.18 Å². The van der Waals surface area contributed by atoms with E-state index in [4.69, 9.17) is 0 Å². The van der Waals surface area contributed by atoms with Crippen LogP contribution in [0.15, 0.2) is 48.8 Å². The number of hydrogen-bond donors (Lipinski definition) is 3. The standard InChI is InChI=1S/C18H17F3N6O/c1-22-17(28)11-5-3-4-6-13(11)25-14-9-15(23-10-12(14)18(19,20)21)26-16-7-8-24-27(16)2/h3-10H,1-2H3,(H,22,28)(H2,23,25,26). The van der Waals surface area contributed by atoms with Gasteiger partial charge in [0.1, 0.15) is 11.6 Å². The van der Waals surface area contributed by atoms with Crippen LogP contribution in [0.5, 0.6) is 0 Å². The summed E-state index contributed by atoms with van der Waals surface area (Å²) in [6.45, 7) is 0. The largest absolute Gasteiger partial charge is 0.419 e. The van der Waals surface area contributed by atoms with Gasteiger partial charge in [-0.3, -0.25) is 9.48 Å². The van der Waals surface area contributed by atoms with Crippen LogP contribution in [0.2, 0.25) is 0 Å². The van der Waals surface area contributed by atoms with Crippen LogP contribution in [0.3, 0.4) is 0 Å². The zero-order valence-corrected chi connectivity index (χ0v) is 15.0. The van der Waals surface area contributed by atoms with Crippen LogP contribution in [-0.2, 0) is 13.2 Å². The Labute approximate surface area is 158 Å². The molecule has 7 nitrogen and oxygen atoms in total. The maximum atomic E-state index is 13.5. The third-order valence-electron chi connectivity index (χ3n) is 3.95. The number of alkyl halides is 3. The summed E-state index contributed by atoms with van der Waals surface area (Å²) in [7, 11) is 3.13. The van der Waals surface area contributed by atoms with E-state index in [9.17, 15) is 18.0 Å². The number of aromatic nitrogens is 3. The monoisotopic (exact) mass is 390 g/mol. The Morgan fingerprint density at radius 3 is 2.50 bits per heavy atom. The molecule has 0 aliphatic rings. The van der Waals surface area contributed by atoms with E-state index in [1.165, 1.54) is 29.9 Å². The summed E-state index contributed by atoms with van der Waals surface area (Å²) in [5.74, 6) is 0.333. The first kappa shape index (κ1) is 19.2. The first-order valence-corrected chi connectivity index (χ1v) is 8.20. The summed E-state index contributed by atoms with van der Waals surface area (Å²) in [5, 5.41) is 12.1. The van der Waals surface area contributed by atoms with E-state index in [0.717, 1.165) is 6.20 Å². The van der Waals surface area contributed by atoms with Crippen LogP contribution >= 0.6 is 0 Å². The van der Waals surface area contributed by atoms with E-state index >= 15 is 0 Å². The van der Waals surface area contributed by atoms with Crippen LogP contribution in [0, 0.1) is 0 Å². The minimum atomic E-state index is -4.62. The zero-order chi connectivity index (χ0) is 20.3. The minimum Gasteiger partial charge on any atom is -0.355 e. The first-order chi connectivity index (χ1) is 13.3. The van der Waals surface area contributed by atoms with Crippen LogP contribution in [0.4, 0.5) is 36.2 Å².